The average Bonchev–Trinajstić information content (AvgIpc) is 3.34. The fourth-order valence-electron chi connectivity index (χ4n) is 2.82. The van der Waals surface area contributed by atoms with Gasteiger partial charge in [-0.2, -0.15) is 0 Å². The zero-order valence-corrected chi connectivity index (χ0v) is 15.7. The average molecular weight is 411 g/mol. The van der Waals surface area contributed by atoms with E-state index in [0.717, 1.165) is 12.8 Å². The Morgan fingerprint density at radius 2 is 1.77 bits per heavy atom. The first kappa shape index (κ1) is 17.7. The molecule has 0 amide bonds. The van der Waals surface area contributed by atoms with Crippen molar-refractivity contribution in [2.75, 3.05) is 0 Å². The second-order valence-corrected chi connectivity index (χ2v) is 7.36. The molecule has 1 aliphatic carbocycles. The van der Waals surface area contributed by atoms with Gasteiger partial charge in [-0.05, 0) is 43.2 Å². The zero-order valence-electron chi connectivity index (χ0n) is 13.5. The van der Waals surface area contributed by atoms with Crippen LogP contribution >= 0.6 is 34.8 Å². The quantitative estimate of drug-likeness (QED) is 0.505. The number of benzene rings is 2. The Bertz CT molecular complexity index is 933. The molecule has 1 fully saturated rings. The minimum absolute atomic E-state index is 0.213. The number of nitrogens with zero attached hydrogens (tertiary/aromatic N) is 1. The first-order chi connectivity index (χ1) is 12.5. The molecule has 0 spiro atoms. The molecule has 7 heteroatoms. The Hall–Kier alpha value is -1.72. The Morgan fingerprint density at radius 1 is 1.08 bits per heavy atom. The normalized spacial score (nSPS) is 15.1. The van der Waals surface area contributed by atoms with Crippen LogP contribution in [0.5, 0.6) is 5.75 Å². The number of aliphatic hydroxyl groups is 1. The van der Waals surface area contributed by atoms with Gasteiger partial charge in [0.25, 0.3) is 0 Å². The molecule has 0 aliphatic heterocycles. The van der Waals surface area contributed by atoms with Gasteiger partial charge >= 0.3 is 0 Å². The third-order valence-electron chi connectivity index (χ3n) is 4.19. The first-order valence-corrected chi connectivity index (χ1v) is 9.22. The van der Waals surface area contributed by atoms with Gasteiger partial charge in [0, 0.05) is 16.5 Å². The third kappa shape index (κ3) is 3.42. The summed E-state index contributed by atoms with van der Waals surface area (Å²) in [4.78, 5) is 0. The van der Waals surface area contributed by atoms with Gasteiger partial charge < -0.3 is 14.4 Å². The van der Waals surface area contributed by atoms with Crippen molar-refractivity contribution < 1.29 is 14.4 Å². The summed E-state index contributed by atoms with van der Waals surface area (Å²) in [5, 5.41) is 16.3. The van der Waals surface area contributed by atoms with Crippen LogP contribution in [-0.4, -0.2) is 10.3 Å². The summed E-state index contributed by atoms with van der Waals surface area (Å²) in [7, 11) is 0. The van der Waals surface area contributed by atoms with E-state index in [1.54, 1.807) is 42.5 Å². The lowest BCUT2D eigenvalue weighted by Gasteiger charge is -2.15. The van der Waals surface area contributed by atoms with Crippen LogP contribution in [0.4, 0.5) is 0 Å². The van der Waals surface area contributed by atoms with Crippen molar-refractivity contribution in [1.29, 1.82) is 0 Å². The highest BCUT2D eigenvalue weighted by Crippen LogP contribution is 2.47. The highest BCUT2D eigenvalue weighted by atomic mass is 35.5. The molecule has 1 aliphatic rings. The summed E-state index contributed by atoms with van der Waals surface area (Å²) < 4.78 is 11.2. The van der Waals surface area contributed by atoms with E-state index in [4.69, 9.17) is 44.1 Å². The fourth-order valence-corrected chi connectivity index (χ4v) is 3.58. The SMILES string of the molecule is OC(Oc1cccc(Cl)c1)c1c(-c2c(Cl)cccc2Cl)noc1C1CC1. The van der Waals surface area contributed by atoms with Gasteiger partial charge in [-0.1, -0.05) is 52.1 Å². The molecule has 26 heavy (non-hydrogen) atoms. The van der Waals surface area contributed by atoms with Crippen LogP contribution in [0.2, 0.25) is 15.1 Å². The summed E-state index contributed by atoms with van der Waals surface area (Å²) in [5.74, 6) is 1.25. The van der Waals surface area contributed by atoms with E-state index >= 15 is 0 Å². The Balaban J connectivity index is 1.78. The monoisotopic (exact) mass is 409 g/mol. The van der Waals surface area contributed by atoms with Gasteiger partial charge in [0.05, 0.1) is 15.6 Å². The van der Waals surface area contributed by atoms with Gasteiger partial charge in [-0.15, -0.1) is 0 Å². The minimum Gasteiger partial charge on any atom is -0.461 e. The molecule has 4 rings (SSSR count). The summed E-state index contributed by atoms with van der Waals surface area (Å²) >= 11 is 18.6. The Kier molecular flexibility index (Phi) is 4.84. The molecule has 2 aromatic carbocycles. The number of halogens is 3. The topological polar surface area (TPSA) is 55.5 Å². The maximum Gasteiger partial charge on any atom is 0.229 e. The molecule has 1 heterocycles. The molecule has 0 saturated heterocycles. The predicted octanol–water partition coefficient (Wildman–Crippen LogP) is 6.25. The lowest BCUT2D eigenvalue weighted by Crippen LogP contribution is -2.09. The van der Waals surface area contributed by atoms with Crippen molar-refractivity contribution in [3.8, 4) is 17.0 Å². The van der Waals surface area contributed by atoms with E-state index in [1.165, 1.54) is 0 Å². The van der Waals surface area contributed by atoms with E-state index in [2.05, 4.69) is 5.16 Å². The molecule has 1 N–H and O–H groups in total. The Labute approximate surface area is 165 Å². The maximum atomic E-state index is 10.8. The van der Waals surface area contributed by atoms with Gasteiger partial charge in [0.1, 0.15) is 17.2 Å². The van der Waals surface area contributed by atoms with Crippen LogP contribution in [0.25, 0.3) is 11.3 Å². The van der Waals surface area contributed by atoms with Crippen molar-refractivity contribution in [2.24, 2.45) is 0 Å². The standard InChI is InChI=1S/C19H14Cl3NO3/c20-11-3-1-4-12(9-11)25-19(24)16-17(23-26-18(16)10-7-8-10)15-13(21)5-2-6-14(15)22/h1-6,9-10,19,24H,7-8H2. The smallest absolute Gasteiger partial charge is 0.229 e. The fraction of sp³-hybridized carbons (Fsp3) is 0.211. The summed E-state index contributed by atoms with van der Waals surface area (Å²) in [6.07, 6.45) is 0.654. The minimum atomic E-state index is -1.29. The largest absolute Gasteiger partial charge is 0.461 e. The van der Waals surface area contributed by atoms with Crippen LogP contribution < -0.4 is 4.74 Å². The molecule has 0 radical (unpaired) electrons. The number of hydrogen-bond donors (Lipinski definition) is 1. The second-order valence-electron chi connectivity index (χ2n) is 6.11. The van der Waals surface area contributed by atoms with E-state index in [-0.39, 0.29) is 5.92 Å². The summed E-state index contributed by atoms with van der Waals surface area (Å²) in [6.45, 7) is 0. The van der Waals surface area contributed by atoms with Crippen molar-refractivity contribution in [3.63, 3.8) is 0 Å². The number of aromatic nitrogens is 1. The highest BCUT2D eigenvalue weighted by molar-refractivity contribution is 6.39. The zero-order chi connectivity index (χ0) is 18.3. The van der Waals surface area contributed by atoms with E-state index < -0.39 is 6.29 Å². The van der Waals surface area contributed by atoms with Gasteiger partial charge in [-0.25, -0.2) is 0 Å². The molecule has 1 atom stereocenters. The van der Waals surface area contributed by atoms with Crippen LogP contribution in [0.3, 0.4) is 0 Å². The van der Waals surface area contributed by atoms with Crippen molar-refractivity contribution in [1.82, 2.24) is 5.16 Å². The lowest BCUT2D eigenvalue weighted by atomic mass is 10.0. The summed E-state index contributed by atoms with van der Waals surface area (Å²) in [6, 6.07) is 12.0. The molecule has 1 aromatic heterocycles. The first-order valence-electron chi connectivity index (χ1n) is 8.08. The molecule has 3 aromatic rings. The number of rotatable bonds is 5. The molecular formula is C19H14Cl3NO3. The second kappa shape index (κ2) is 7.12. The summed E-state index contributed by atoms with van der Waals surface area (Å²) in [5.41, 5.74) is 1.34. The van der Waals surface area contributed by atoms with Crippen molar-refractivity contribution in [2.45, 2.75) is 25.0 Å². The van der Waals surface area contributed by atoms with E-state index in [1.807, 2.05) is 0 Å². The molecule has 1 saturated carbocycles. The molecule has 0 bridgehead atoms. The third-order valence-corrected chi connectivity index (χ3v) is 5.06. The van der Waals surface area contributed by atoms with Crippen LogP contribution in [0.1, 0.15) is 36.4 Å². The number of aliphatic hydroxyl groups excluding tert-OH is 1. The molecule has 4 nitrogen and oxygen atoms in total. The van der Waals surface area contributed by atoms with Crippen LogP contribution in [0.15, 0.2) is 47.0 Å². The molecule has 1 unspecified atom stereocenters. The lowest BCUT2D eigenvalue weighted by molar-refractivity contribution is -0.0202. The highest BCUT2D eigenvalue weighted by Gasteiger charge is 2.36. The van der Waals surface area contributed by atoms with Gasteiger partial charge in [0.2, 0.25) is 6.29 Å². The van der Waals surface area contributed by atoms with Crippen LogP contribution in [0, 0.1) is 0 Å². The van der Waals surface area contributed by atoms with E-state index in [9.17, 15) is 5.11 Å². The van der Waals surface area contributed by atoms with E-state index in [0.29, 0.717) is 43.4 Å². The van der Waals surface area contributed by atoms with Gasteiger partial charge in [0.15, 0.2) is 0 Å². The molecular weight excluding hydrogens is 397 g/mol. The van der Waals surface area contributed by atoms with Crippen LogP contribution in [-0.2, 0) is 0 Å². The van der Waals surface area contributed by atoms with Crippen molar-refractivity contribution >= 4 is 34.8 Å². The van der Waals surface area contributed by atoms with Gasteiger partial charge in [-0.3, -0.25) is 0 Å². The molecule has 134 valence electrons. The number of hydrogen-bond acceptors (Lipinski definition) is 4. The maximum absolute atomic E-state index is 10.8. The van der Waals surface area contributed by atoms with Crippen molar-refractivity contribution in [3.05, 3.63) is 68.9 Å². The predicted molar refractivity (Wildman–Crippen MR) is 101 cm³/mol. The Morgan fingerprint density at radius 3 is 2.42 bits per heavy atom. The number of ether oxygens (including phenoxy) is 1.